The summed E-state index contributed by atoms with van der Waals surface area (Å²) >= 11 is 0. The summed E-state index contributed by atoms with van der Waals surface area (Å²) in [6.07, 6.45) is 1.95. The van der Waals surface area contributed by atoms with Crippen LogP contribution in [0.3, 0.4) is 0 Å². The molecule has 6 heteroatoms. The molecule has 0 amide bonds. The van der Waals surface area contributed by atoms with Crippen molar-refractivity contribution in [3.05, 3.63) is 6.42 Å². The zero-order valence-corrected chi connectivity index (χ0v) is 11.9. The summed E-state index contributed by atoms with van der Waals surface area (Å²) in [7, 11) is 0. The normalized spacial score (nSPS) is 29.8. The van der Waals surface area contributed by atoms with Gasteiger partial charge in [-0.05, 0) is 13.3 Å². The standard InChI is InChI=1S/C14H21O6/c1-3-4-12(15)19-9(2)7-13(16)20-11-8-18-10-5-6-17-14(10)11/h5,9-11,14H,3-4,6-8H2,1-2H3/t9-,10-,11-,14-/m1/s1. The van der Waals surface area contributed by atoms with Gasteiger partial charge in [-0.3, -0.25) is 9.59 Å². The van der Waals surface area contributed by atoms with Gasteiger partial charge in [0.1, 0.15) is 12.2 Å². The molecule has 0 aromatic rings. The van der Waals surface area contributed by atoms with Gasteiger partial charge in [0, 0.05) is 12.8 Å². The summed E-state index contributed by atoms with van der Waals surface area (Å²) in [6, 6.07) is 0. The number of esters is 2. The highest BCUT2D eigenvalue weighted by molar-refractivity contribution is 5.72. The molecular formula is C14H21O6. The fourth-order valence-electron chi connectivity index (χ4n) is 2.35. The lowest BCUT2D eigenvalue weighted by molar-refractivity contribution is -0.160. The Morgan fingerprint density at radius 3 is 2.90 bits per heavy atom. The van der Waals surface area contributed by atoms with E-state index in [-0.39, 0.29) is 30.7 Å². The van der Waals surface area contributed by atoms with Gasteiger partial charge >= 0.3 is 11.9 Å². The van der Waals surface area contributed by atoms with E-state index in [4.69, 9.17) is 18.9 Å². The lowest BCUT2D eigenvalue weighted by Gasteiger charge is -2.18. The van der Waals surface area contributed by atoms with E-state index in [1.807, 2.05) is 13.3 Å². The fourth-order valence-corrected chi connectivity index (χ4v) is 2.35. The molecule has 4 atom stereocenters. The van der Waals surface area contributed by atoms with E-state index in [0.717, 1.165) is 6.42 Å². The Hall–Kier alpha value is -1.14. The van der Waals surface area contributed by atoms with Crippen molar-refractivity contribution in [3.8, 4) is 0 Å². The fraction of sp³-hybridized carbons (Fsp3) is 0.786. The number of fused-ring (bicyclic) bond motifs is 1. The Balaban J connectivity index is 1.71. The largest absolute Gasteiger partial charge is 0.462 e. The van der Waals surface area contributed by atoms with E-state index in [2.05, 4.69) is 0 Å². The highest BCUT2D eigenvalue weighted by atomic mass is 16.6. The van der Waals surface area contributed by atoms with Gasteiger partial charge in [-0.1, -0.05) is 6.92 Å². The molecule has 0 aromatic heterocycles. The number of ether oxygens (including phenoxy) is 4. The molecule has 2 aliphatic rings. The van der Waals surface area contributed by atoms with Crippen molar-refractivity contribution in [1.82, 2.24) is 0 Å². The molecular weight excluding hydrogens is 264 g/mol. The molecule has 0 aromatic carbocycles. The molecule has 2 rings (SSSR count). The maximum absolute atomic E-state index is 11.8. The van der Waals surface area contributed by atoms with E-state index in [1.54, 1.807) is 6.92 Å². The Labute approximate surface area is 118 Å². The molecule has 2 fully saturated rings. The number of carbonyl (C=O) groups is 2. The van der Waals surface area contributed by atoms with Gasteiger partial charge in [-0.2, -0.15) is 0 Å². The first-order chi connectivity index (χ1) is 9.60. The van der Waals surface area contributed by atoms with Crippen LogP contribution in [0, 0.1) is 6.42 Å². The van der Waals surface area contributed by atoms with Gasteiger partial charge < -0.3 is 18.9 Å². The first kappa shape index (κ1) is 15.3. The predicted molar refractivity (Wildman–Crippen MR) is 68.7 cm³/mol. The molecule has 0 saturated carbocycles. The topological polar surface area (TPSA) is 71.1 Å². The number of rotatable bonds is 6. The summed E-state index contributed by atoms with van der Waals surface area (Å²) < 4.78 is 21.3. The molecule has 0 bridgehead atoms. The molecule has 2 heterocycles. The van der Waals surface area contributed by atoms with Crippen LogP contribution in [0.15, 0.2) is 0 Å². The first-order valence-electron chi connectivity index (χ1n) is 7.05. The molecule has 113 valence electrons. The third kappa shape index (κ3) is 3.93. The third-order valence-corrected chi connectivity index (χ3v) is 3.28. The quantitative estimate of drug-likeness (QED) is 0.679. The van der Waals surface area contributed by atoms with Gasteiger partial charge in [0.15, 0.2) is 6.10 Å². The maximum atomic E-state index is 11.8. The van der Waals surface area contributed by atoms with Crippen molar-refractivity contribution >= 4 is 11.9 Å². The summed E-state index contributed by atoms with van der Waals surface area (Å²) in [5.41, 5.74) is 0. The Bertz CT molecular complexity index is 356. The van der Waals surface area contributed by atoms with Gasteiger partial charge in [0.2, 0.25) is 0 Å². The summed E-state index contributed by atoms with van der Waals surface area (Å²) in [5, 5.41) is 0. The van der Waals surface area contributed by atoms with Gasteiger partial charge in [-0.15, -0.1) is 0 Å². The van der Waals surface area contributed by atoms with Gasteiger partial charge in [0.25, 0.3) is 0 Å². The average molecular weight is 285 g/mol. The van der Waals surface area contributed by atoms with E-state index in [9.17, 15) is 9.59 Å². The van der Waals surface area contributed by atoms with E-state index >= 15 is 0 Å². The summed E-state index contributed by atoms with van der Waals surface area (Å²) in [5.74, 6) is -0.683. The highest BCUT2D eigenvalue weighted by Crippen LogP contribution is 2.28. The Kier molecular flexibility index (Phi) is 5.37. The third-order valence-electron chi connectivity index (χ3n) is 3.28. The van der Waals surface area contributed by atoms with Gasteiger partial charge in [-0.25, -0.2) is 0 Å². The van der Waals surface area contributed by atoms with Crippen molar-refractivity contribution in [2.75, 3.05) is 13.2 Å². The molecule has 0 unspecified atom stereocenters. The van der Waals surface area contributed by atoms with Crippen molar-refractivity contribution in [1.29, 1.82) is 0 Å². The first-order valence-corrected chi connectivity index (χ1v) is 7.05. The Morgan fingerprint density at radius 2 is 2.15 bits per heavy atom. The zero-order valence-electron chi connectivity index (χ0n) is 11.9. The maximum Gasteiger partial charge on any atom is 0.309 e. The molecule has 2 aliphatic heterocycles. The lowest BCUT2D eigenvalue weighted by Crippen LogP contribution is -2.33. The second-order valence-electron chi connectivity index (χ2n) is 5.11. The van der Waals surface area contributed by atoms with Crippen LogP contribution >= 0.6 is 0 Å². The van der Waals surface area contributed by atoms with E-state index < -0.39 is 12.1 Å². The molecule has 0 spiro atoms. The SMILES string of the molecule is CCCC(=O)O[C@H](C)CC(=O)O[C@@H]1CO[C@@H]2[CH]CO[C@H]21. The van der Waals surface area contributed by atoms with Crippen LogP contribution < -0.4 is 0 Å². The van der Waals surface area contributed by atoms with E-state index in [0.29, 0.717) is 19.6 Å². The van der Waals surface area contributed by atoms with Crippen molar-refractivity contribution in [3.63, 3.8) is 0 Å². The van der Waals surface area contributed by atoms with Crippen LogP contribution in [0.2, 0.25) is 0 Å². The van der Waals surface area contributed by atoms with Crippen molar-refractivity contribution in [2.45, 2.75) is 57.5 Å². The molecule has 6 nitrogen and oxygen atoms in total. The van der Waals surface area contributed by atoms with Crippen LogP contribution in [0.4, 0.5) is 0 Å². The Morgan fingerprint density at radius 1 is 1.35 bits per heavy atom. The summed E-state index contributed by atoms with van der Waals surface area (Å²) in [4.78, 5) is 23.1. The molecule has 2 saturated heterocycles. The molecule has 0 aliphatic carbocycles. The monoisotopic (exact) mass is 285 g/mol. The average Bonchev–Trinajstić information content (AvgIpc) is 2.94. The summed E-state index contributed by atoms with van der Waals surface area (Å²) in [6.45, 7) is 4.45. The second-order valence-corrected chi connectivity index (χ2v) is 5.11. The smallest absolute Gasteiger partial charge is 0.309 e. The molecule has 20 heavy (non-hydrogen) atoms. The second kappa shape index (κ2) is 7.04. The van der Waals surface area contributed by atoms with Crippen molar-refractivity contribution < 1.29 is 28.5 Å². The number of hydrogen-bond donors (Lipinski definition) is 0. The highest BCUT2D eigenvalue weighted by Gasteiger charge is 2.44. The van der Waals surface area contributed by atoms with Crippen LogP contribution in [-0.2, 0) is 28.5 Å². The minimum Gasteiger partial charge on any atom is -0.462 e. The lowest BCUT2D eigenvalue weighted by atomic mass is 10.1. The van der Waals surface area contributed by atoms with Gasteiger partial charge in [0.05, 0.1) is 25.7 Å². The van der Waals surface area contributed by atoms with Crippen molar-refractivity contribution in [2.24, 2.45) is 0 Å². The zero-order chi connectivity index (χ0) is 14.5. The van der Waals surface area contributed by atoms with Crippen LogP contribution in [0.5, 0.6) is 0 Å². The van der Waals surface area contributed by atoms with E-state index in [1.165, 1.54) is 0 Å². The number of carbonyl (C=O) groups excluding carboxylic acids is 2. The molecule has 0 N–H and O–H groups in total. The minimum atomic E-state index is -0.476. The molecule has 1 radical (unpaired) electrons. The van der Waals surface area contributed by atoms with Crippen LogP contribution in [0.1, 0.15) is 33.1 Å². The number of hydrogen-bond acceptors (Lipinski definition) is 6. The minimum absolute atomic E-state index is 0.0487. The predicted octanol–water partition coefficient (Wildman–Crippen LogP) is 1.02. The van der Waals surface area contributed by atoms with Crippen LogP contribution in [-0.4, -0.2) is 49.6 Å². The van der Waals surface area contributed by atoms with Crippen LogP contribution in [0.25, 0.3) is 0 Å².